The van der Waals surface area contributed by atoms with E-state index >= 15 is 0 Å². The van der Waals surface area contributed by atoms with E-state index in [1.165, 1.54) is 25.7 Å². The van der Waals surface area contributed by atoms with Gasteiger partial charge < -0.3 is 0 Å². The fourth-order valence-electron chi connectivity index (χ4n) is 3.30. The molecule has 0 aromatic carbocycles. The quantitative estimate of drug-likeness (QED) is 0.660. The van der Waals surface area contributed by atoms with Gasteiger partial charge in [-0.3, -0.25) is 4.79 Å². The Morgan fingerprint density at radius 2 is 2.00 bits per heavy atom. The first-order chi connectivity index (χ1) is 7.22. The SMILES string of the molecule is CC(C#N)C1CC2CCCCC2CC1=O. The smallest absolute Gasteiger partial charge is 0.137 e. The van der Waals surface area contributed by atoms with Crippen LogP contribution < -0.4 is 0 Å². The van der Waals surface area contributed by atoms with E-state index in [0.717, 1.165) is 18.8 Å². The first kappa shape index (κ1) is 10.7. The molecule has 0 heterocycles. The highest BCUT2D eigenvalue weighted by Crippen LogP contribution is 2.42. The minimum atomic E-state index is -0.0830. The van der Waals surface area contributed by atoms with E-state index in [4.69, 9.17) is 5.26 Å². The fourth-order valence-corrected chi connectivity index (χ4v) is 3.30. The average molecular weight is 205 g/mol. The van der Waals surface area contributed by atoms with Crippen molar-refractivity contribution in [3.63, 3.8) is 0 Å². The summed E-state index contributed by atoms with van der Waals surface area (Å²) in [5.41, 5.74) is 0. The van der Waals surface area contributed by atoms with Crippen molar-refractivity contribution in [3.05, 3.63) is 0 Å². The molecule has 2 aliphatic carbocycles. The molecule has 2 heteroatoms. The van der Waals surface area contributed by atoms with Crippen molar-refractivity contribution in [2.24, 2.45) is 23.7 Å². The van der Waals surface area contributed by atoms with Gasteiger partial charge in [0, 0.05) is 12.3 Å². The lowest BCUT2D eigenvalue weighted by molar-refractivity contribution is -0.129. The van der Waals surface area contributed by atoms with Gasteiger partial charge in [0.25, 0.3) is 0 Å². The van der Waals surface area contributed by atoms with Crippen LogP contribution in [0.4, 0.5) is 0 Å². The van der Waals surface area contributed by atoms with Gasteiger partial charge in [-0.2, -0.15) is 5.26 Å². The molecule has 0 bridgehead atoms. The summed E-state index contributed by atoms with van der Waals surface area (Å²) in [5.74, 6) is 1.69. The Morgan fingerprint density at radius 3 is 2.67 bits per heavy atom. The molecule has 15 heavy (non-hydrogen) atoms. The second kappa shape index (κ2) is 4.35. The lowest BCUT2D eigenvalue weighted by Gasteiger charge is -2.39. The molecule has 4 atom stereocenters. The van der Waals surface area contributed by atoms with Gasteiger partial charge in [0.15, 0.2) is 0 Å². The predicted octanol–water partition coefficient (Wildman–Crippen LogP) is 2.93. The Morgan fingerprint density at radius 1 is 1.33 bits per heavy atom. The van der Waals surface area contributed by atoms with Gasteiger partial charge in [-0.05, 0) is 31.6 Å². The maximum absolute atomic E-state index is 11.9. The van der Waals surface area contributed by atoms with Gasteiger partial charge in [0.05, 0.1) is 12.0 Å². The summed E-state index contributed by atoms with van der Waals surface area (Å²) in [5, 5.41) is 8.90. The Kier molecular flexibility index (Phi) is 3.09. The first-order valence-corrected chi connectivity index (χ1v) is 6.14. The van der Waals surface area contributed by atoms with Crippen molar-refractivity contribution in [2.75, 3.05) is 0 Å². The third-order valence-corrected chi connectivity index (χ3v) is 4.31. The Balaban J connectivity index is 2.05. The van der Waals surface area contributed by atoms with Gasteiger partial charge in [-0.1, -0.05) is 19.3 Å². The van der Waals surface area contributed by atoms with Crippen LogP contribution >= 0.6 is 0 Å². The maximum Gasteiger partial charge on any atom is 0.137 e. The largest absolute Gasteiger partial charge is 0.299 e. The highest BCUT2D eigenvalue weighted by Gasteiger charge is 2.39. The number of carbonyl (C=O) groups excluding carboxylic acids is 1. The third kappa shape index (κ3) is 2.07. The van der Waals surface area contributed by atoms with E-state index in [-0.39, 0.29) is 11.8 Å². The van der Waals surface area contributed by atoms with Gasteiger partial charge in [-0.15, -0.1) is 0 Å². The zero-order valence-corrected chi connectivity index (χ0v) is 9.41. The molecule has 0 radical (unpaired) electrons. The third-order valence-electron chi connectivity index (χ3n) is 4.31. The molecule has 0 saturated heterocycles. The number of carbonyl (C=O) groups is 1. The molecule has 0 aromatic rings. The molecule has 2 fully saturated rings. The van der Waals surface area contributed by atoms with Crippen LogP contribution in [0, 0.1) is 35.0 Å². The molecule has 4 unspecified atom stereocenters. The maximum atomic E-state index is 11.9. The summed E-state index contributed by atoms with van der Waals surface area (Å²) in [6.07, 6.45) is 6.88. The van der Waals surface area contributed by atoms with Gasteiger partial charge >= 0.3 is 0 Å². The van der Waals surface area contributed by atoms with Crippen molar-refractivity contribution in [2.45, 2.75) is 45.4 Å². The lowest BCUT2D eigenvalue weighted by atomic mass is 9.65. The van der Waals surface area contributed by atoms with Gasteiger partial charge in [-0.25, -0.2) is 0 Å². The molecule has 0 aromatic heterocycles. The summed E-state index contributed by atoms with van der Waals surface area (Å²) in [7, 11) is 0. The van der Waals surface area contributed by atoms with Crippen molar-refractivity contribution in [1.82, 2.24) is 0 Å². The standard InChI is InChI=1S/C13H19NO/c1-9(8-14)12-6-10-4-2-3-5-11(10)7-13(12)15/h9-12H,2-7H2,1H3. The second-order valence-electron chi connectivity index (χ2n) is 5.24. The molecule has 0 spiro atoms. The van der Waals surface area contributed by atoms with Crippen molar-refractivity contribution in [3.8, 4) is 6.07 Å². The zero-order chi connectivity index (χ0) is 10.8. The van der Waals surface area contributed by atoms with E-state index in [1.807, 2.05) is 6.92 Å². The molecule has 2 saturated carbocycles. The predicted molar refractivity (Wildman–Crippen MR) is 58.0 cm³/mol. The highest BCUT2D eigenvalue weighted by atomic mass is 16.1. The number of Topliss-reactive ketones (excluding diaryl/α,β-unsaturated/α-hetero) is 1. The molecule has 0 N–H and O–H groups in total. The molecular weight excluding hydrogens is 186 g/mol. The van der Waals surface area contributed by atoms with Crippen molar-refractivity contribution < 1.29 is 4.79 Å². The van der Waals surface area contributed by atoms with Crippen LogP contribution in [0.2, 0.25) is 0 Å². The van der Waals surface area contributed by atoms with Crippen molar-refractivity contribution in [1.29, 1.82) is 5.26 Å². The molecule has 2 aliphatic rings. The number of rotatable bonds is 1. The van der Waals surface area contributed by atoms with Gasteiger partial charge in [0.2, 0.25) is 0 Å². The van der Waals surface area contributed by atoms with Crippen LogP contribution in [0.3, 0.4) is 0 Å². The van der Waals surface area contributed by atoms with E-state index < -0.39 is 0 Å². The van der Waals surface area contributed by atoms with E-state index in [1.54, 1.807) is 0 Å². The summed E-state index contributed by atoms with van der Waals surface area (Å²) in [6.45, 7) is 1.89. The molecule has 0 aliphatic heterocycles. The number of ketones is 1. The minimum Gasteiger partial charge on any atom is -0.299 e. The highest BCUT2D eigenvalue weighted by molar-refractivity contribution is 5.82. The number of hydrogen-bond acceptors (Lipinski definition) is 2. The van der Waals surface area contributed by atoms with E-state index in [9.17, 15) is 4.79 Å². The lowest BCUT2D eigenvalue weighted by Crippen LogP contribution is -2.36. The van der Waals surface area contributed by atoms with Crippen LogP contribution in [0.1, 0.15) is 45.4 Å². The summed E-state index contributed by atoms with van der Waals surface area (Å²) < 4.78 is 0. The number of fused-ring (bicyclic) bond motifs is 1. The van der Waals surface area contributed by atoms with Crippen molar-refractivity contribution >= 4 is 5.78 Å². The Hall–Kier alpha value is -0.840. The minimum absolute atomic E-state index is 0.0364. The van der Waals surface area contributed by atoms with E-state index in [2.05, 4.69) is 6.07 Å². The summed E-state index contributed by atoms with van der Waals surface area (Å²) in [6, 6.07) is 2.24. The van der Waals surface area contributed by atoms with Gasteiger partial charge in [0.1, 0.15) is 5.78 Å². The van der Waals surface area contributed by atoms with Crippen LogP contribution in [0.25, 0.3) is 0 Å². The molecule has 2 nitrogen and oxygen atoms in total. The Bertz CT molecular complexity index is 291. The number of hydrogen-bond donors (Lipinski definition) is 0. The van der Waals surface area contributed by atoms with Crippen LogP contribution in [0.5, 0.6) is 0 Å². The first-order valence-electron chi connectivity index (χ1n) is 6.14. The van der Waals surface area contributed by atoms with Crippen LogP contribution in [-0.4, -0.2) is 5.78 Å². The zero-order valence-electron chi connectivity index (χ0n) is 9.41. The average Bonchev–Trinajstić information content (AvgIpc) is 2.27. The normalized spacial score (nSPS) is 37.9. The molecule has 2 rings (SSSR count). The Labute approximate surface area is 91.7 Å². The number of nitrogens with zero attached hydrogens (tertiary/aromatic N) is 1. The topological polar surface area (TPSA) is 40.9 Å². The molecule has 0 amide bonds. The van der Waals surface area contributed by atoms with Crippen LogP contribution in [0.15, 0.2) is 0 Å². The summed E-state index contributed by atoms with van der Waals surface area (Å²) in [4.78, 5) is 11.9. The molecular formula is C13H19NO. The summed E-state index contributed by atoms with van der Waals surface area (Å²) >= 11 is 0. The fraction of sp³-hybridized carbons (Fsp3) is 0.846. The molecule has 82 valence electrons. The van der Waals surface area contributed by atoms with Crippen LogP contribution in [-0.2, 0) is 4.79 Å². The second-order valence-corrected chi connectivity index (χ2v) is 5.24. The monoisotopic (exact) mass is 205 g/mol. The van der Waals surface area contributed by atoms with E-state index in [0.29, 0.717) is 11.7 Å². The number of nitriles is 1.